The predicted molar refractivity (Wildman–Crippen MR) is 85.2 cm³/mol. The minimum absolute atomic E-state index is 0.420. The average molecular weight is 270 g/mol. The van der Waals surface area contributed by atoms with Crippen LogP contribution in [0.15, 0.2) is 24.3 Å². The van der Waals surface area contributed by atoms with E-state index in [9.17, 15) is 0 Å². The maximum Gasteiger partial charge on any atom is 0.0555 e. The Labute approximate surface area is 123 Å². The van der Waals surface area contributed by atoms with Crippen molar-refractivity contribution in [2.45, 2.75) is 33.7 Å². The third-order valence-electron chi connectivity index (χ3n) is 4.17. The van der Waals surface area contributed by atoms with Crippen LogP contribution in [0.4, 0.5) is 0 Å². The molecule has 1 aliphatic heterocycles. The first-order chi connectivity index (χ1) is 9.49. The van der Waals surface area contributed by atoms with E-state index in [1.54, 1.807) is 0 Å². The van der Waals surface area contributed by atoms with E-state index in [2.05, 4.69) is 55.7 Å². The molecule has 0 amide bonds. The molecule has 0 saturated carbocycles. The molecule has 2 N–H and O–H groups in total. The summed E-state index contributed by atoms with van der Waals surface area (Å²) in [7, 11) is 0. The van der Waals surface area contributed by atoms with E-state index in [4.69, 9.17) is 5.73 Å². The second-order valence-corrected chi connectivity index (χ2v) is 6.79. The molecule has 108 valence electrons. The summed E-state index contributed by atoms with van der Waals surface area (Å²) in [6, 6.07) is 8.52. The molecule has 1 fully saturated rings. The van der Waals surface area contributed by atoms with Crippen molar-refractivity contribution in [1.82, 2.24) is 4.90 Å². The van der Waals surface area contributed by atoms with Gasteiger partial charge in [-0.1, -0.05) is 44.7 Å². The number of hydrogen-bond acceptors (Lipinski definition) is 2. The summed E-state index contributed by atoms with van der Waals surface area (Å²) in [5, 5.41) is 0. The number of nitrogens with two attached hydrogens (primary N) is 1. The van der Waals surface area contributed by atoms with Crippen molar-refractivity contribution in [2.24, 2.45) is 17.1 Å². The summed E-state index contributed by atoms with van der Waals surface area (Å²) >= 11 is 0. The molecule has 2 rings (SSSR count). The summed E-state index contributed by atoms with van der Waals surface area (Å²) in [5.41, 5.74) is 8.26. The fourth-order valence-electron chi connectivity index (χ4n) is 2.84. The highest BCUT2D eigenvalue weighted by atomic mass is 15.1. The zero-order chi connectivity index (χ0) is 14.6. The van der Waals surface area contributed by atoms with Crippen LogP contribution in [0.1, 0.15) is 38.3 Å². The standard InChI is InChI=1S/C18H26N2/c1-18(2,3)17-9-11-20(14-17)13-16-7-4-6-15(12-16)8-5-10-19/h4,6-7,12,17H,9-11,13-14,19H2,1-3H3. The van der Waals surface area contributed by atoms with E-state index >= 15 is 0 Å². The van der Waals surface area contributed by atoms with Gasteiger partial charge in [-0.05, 0) is 42.0 Å². The molecule has 20 heavy (non-hydrogen) atoms. The molecule has 1 saturated heterocycles. The summed E-state index contributed by atoms with van der Waals surface area (Å²) in [5.74, 6) is 6.83. The van der Waals surface area contributed by atoms with Crippen molar-refractivity contribution in [2.75, 3.05) is 19.6 Å². The van der Waals surface area contributed by atoms with Gasteiger partial charge in [0.15, 0.2) is 0 Å². The lowest BCUT2D eigenvalue weighted by Crippen LogP contribution is -2.25. The first kappa shape index (κ1) is 15.1. The van der Waals surface area contributed by atoms with Crippen molar-refractivity contribution in [3.05, 3.63) is 35.4 Å². The van der Waals surface area contributed by atoms with E-state index in [0.717, 1.165) is 18.0 Å². The van der Waals surface area contributed by atoms with Crippen LogP contribution in [0.2, 0.25) is 0 Å². The summed E-state index contributed by atoms with van der Waals surface area (Å²) in [4.78, 5) is 2.56. The molecule has 0 aliphatic carbocycles. The van der Waals surface area contributed by atoms with Crippen molar-refractivity contribution in [3.8, 4) is 11.8 Å². The molecular formula is C18H26N2. The normalized spacial score (nSPS) is 19.7. The van der Waals surface area contributed by atoms with E-state index in [-0.39, 0.29) is 0 Å². The van der Waals surface area contributed by atoms with Gasteiger partial charge in [0.1, 0.15) is 0 Å². The van der Waals surface area contributed by atoms with E-state index in [1.165, 1.54) is 25.1 Å². The predicted octanol–water partition coefficient (Wildman–Crippen LogP) is 2.86. The zero-order valence-corrected chi connectivity index (χ0v) is 12.9. The molecule has 1 heterocycles. The number of rotatable bonds is 2. The van der Waals surface area contributed by atoms with Crippen molar-refractivity contribution in [1.29, 1.82) is 0 Å². The van der Waals surface area contributed by atoms with Crippen molar-refractivity contribution < 1.29 is 0 Å². The summed E-state index contributed by atoms with van der Waals surface area (Å²) in [6.07, 6.45) is 1.32. The van der Waals surface area contributed by atoms with Gasteiger partial charge in [0, 0.05) is 18.7 Å². The molecule has 1 aromatic rings. The minimum atomic E-state index is 0.420. The highest BCUT2D eigenvalue weighted by Crippen LogP contribution is 2.34. The number of nitrogens with zero attached hydrogens (tertiary/aromatic N) is 1. The lowest BCUT2D eigenvalue weighted by Gasteiger charge is -2.27. The fraction of sp³-hybridized carbons (Fsp3) is 0.556. The molecule has 2 heteroatoms. The molecular weight excluding hydrogens is 244 g/mol. The molecule has 0 radical (unpaired) electrons. The molecule has 1 unspecified atom stereocenters. The third-order valence-corrected chi connectivity index (χ3v) is 4.17. The summed E-state index contributed by atoms with van der Waals surface area (Å²) in [6.45, 7) is 10.9. The Morgan fingerprint density at radius 2 is 2.15 bits per heavy atom. The van der Waals surface area contributed by atoms with Crippen molar-refractivity contribution >= 4 is 0 Å². The first-order valence-electron chi connectivity index (χ1n) is 7.49. The average Bonchev–Trinajstić information content (AvgIpc) is 2.85. The van der Waals surface area contributed by atoms with E-state index in [0.29, 0.717) is 12.0 Å². The Morgan fingerprint density at radius 3 is 2.80 bits per heavy atom. The number of benzene rings is 1. The Morgan fingerprint density at radius 1 is 1.35 bits per heavy atom. The molecule has 1 atom stereocenters. The van der Waals surface area contributed by atoms with Gasteiger partial charge in [-0.25, -0.2) is 0 Å². The Hall–Kier alpha value is -1.30. The molecule has 2 nitrogen and oxygen atoms in total. The van der Waals surface area contributed by atoms with Gasteiger partial charge in [0.2, 0.25) is 0 Å². The number of likely N-dealkylation sites (tertiary alicyclic amines) is 1. The van der Waals surface area contributed by atoms with E-state index < -0.39 is 0 Å². The van der Waals surface area contributed by atoms with Crippen LogP contribution in [0.5, 0.6) is 0 Å². The van der Waals surface area contributed by atoms with Gasteiger partial charge >= 0.3 is 0 Å². The summed E-state index contributed by atoms with van der Waals surface area (Å²) < 4.78 is 0. The SMILES string of the molecule is CC(C)(C)C1CCN(Cc2cccc(C#CCN)c2)C1. The fourth-order valence-corrected chi connectivity index (χ4v) is 2.84. The first-order valence-corrected chi connectivity index (χ1v) is 7.49. The second-order valence-electron chi connectivity index (χ2n) is 6.79. The van der Waals surface area contributed by atoms with Crippen LogP contribution in [0.3, 0.4) is 0 Å². The quantitative estimate of drug-likeness (QED) is 0.837. The van der Waals surface area contributed by atoms with Crippen LogP contribution < -0.4 is 5.73 Å². The van der Waals surface area contributed by atoms with Gasteiger partial charge in [-0.15, -0.1) is 0 Å². The Balaban J connectivity index is 1.98. The topological polar surface area (TPSA) is 29.3 Å². The second kappa shape index (κ2) is 6.43. The monoisotopic (exact) mass is 270 g/mol. The maximum atomic E-state index is 5.42. The van der Waals surface area contributed by atoms with Crippen LogP contribution in [0.25, 0.3) is 0 Å². The highest BCUT2D eigenvalue weighted by Gasteiger charge is 2.31. The van der Waals surface area contributed by atoms with Crippen molar-refractivity contribution in [3.63, 3.8) is 0 Å². The van der Waals surface area contributed by atoms with E-state index in [1.807, 2.05) is 6.07 Å². The molecule has 0 bridgehead atoms. The largest absolute Gasteiger partial charge is 0.320 e. The third kappa shape index (κ3) is 4.10. The van der Waals surface area contributed by atoms with Crippen LogP contribution in [-0.4, -0.2) is 24.5 Å². The number of hydrogen-bond donors (Lipinski definition) is 1. The Bertz CT molecular complexity index is 502. The van der Waals surface area contributed by atoms with Gasteiger partial charge in [-0.3, -0.25) is 4.90 Å². The highest BCUT2D eigenvalue weighted by molar-refractivity contribution is 5.37. The molecule has 1 aliphatic rings. The molecule has 1 aromatic carbocycles. The minimum Gasteiger partial charge on any atom is -0.320 e. The molecule has 0 spiro atoms. The lowest BCUT2D eigenvalue weighted by molar-refractivity contribution is 0.226. The van der Waals surface area contributed by atoms with Gasteiger partial charge < -0.3 is 5.73 Å². The zero-order valence-electron chi connectivity index (χ0n) is 12.9. The maximum absolute atomic E-state index is 5.42. The van der Waals surface area contributed by atoms with Gasteiger partial charge in [0.05, 0.1) is 6.54 Å². The van der Waals surface area contributed by atoms with Crippen LogP contribution in [0, 0.1) is 23.2 Å². The van der Waals surface area contributed by atoms with Gasteiger partial charge in [0.25, 0.3) is 0 Å². The van der Waals surface area contributed by atoms with Crippen LogP contribution in [-0.2, 0) is 6.54 Å². The lowest BCUT2D eigenvalue weighted by atomic mass is 9.80. The Kier molecular flexibility index (Phi) is 4.86. The van der Waals surface area contributed by atoms with Gasteiger partial charge in [-0.2, -0.15) is 0 Å². The van der Waals surface area contributed by atoms with Crippen LogP contribution >= 0.6 is 0 Å². The molecule has 0 aromatic heterocycles. The smallest absolute Gasteiger partial charge is 0.0555 e.